The zero-order valence-electron chi connectivity index (χ0n) is 14.0. The average Bonchev–Trinajstić information content (AvgIpc) is 2.56. The third kappa shape index (κ3) is 5.37. The number of phenols is 1. The average molecular weight is 354 g/mol. The van der Waals surface area contributed by atoms with Gasteiger partial charge in [-0.1, -0.05) is 38.3 Å². The Morgan fingerprint density at radius 3 is 2.44 bits per heavy atom. The van der Waals surface area contributed by atoms with Gasteiger partial charge in [-0.2, -0.15) is 13.2 Å². The lowest BCUT2D eigenvalue weighted by Crippen LogP contribution is -2.33. The molecule has 0 unspecified atom stereocenters. The molecule has 0 amide bonds. The van der Waals surface area contributed by atoms with Gasteiger partial charge < -0.3 is 9.84 Å². The fourth-order valence-corrected chi connectivity index (χ4v) is 2.60. The van der Waals surface area contributed by atoms with Crippen LogP contribution in [0, 0.1) is 0 Å². The Morgan fingerprint density at radius 1 is 1.08 bits per heavy atom. The number of benzene rings is 2. The minimum Gasteiger partial charge on any atom is -0.508 e. The highest BCUT2D eigenvalue weighted by molar-refractivity contribution is 5.95. The summed E-state index contributed by atoms with van der Waals surface area (Å²) in [6.45, 7) is 1.97. The zero-order valence-corrected chi connectivity index (χ0v) is 14.0. The van der Waals surface area contributed by atoms with Gasteiger partial charge in [0.25, 0.3) is 0 Å². The van der Waals surface area contributed by atoms with Crippen molar-refractivity contribution in [2.45, 2.75) is 51.3 Å². The predicted octanol–water partition coefficient (Wildman–Crippen LogP) is 5.60. The number of hydrogen-bond acceptors (Lipinski definition) is 3. The number of rotatable bonds is 7. The van der Waals surface area contributed by atoms with Crippen molar-refractivity contribution in [2.24, 2.45) is 0 Å². The molecule has 2 rings (SSSR count). The van der Waals surface area contributed by atoms with Crippen LogP contribution >= 0.6 is 0 Å². The molecule has 1 atom stereocenters. The number of aromatic hydroxyl groups is 1. The Morgan fingerprint density at radius 2 is 1.76 bits per heavy atom. The number of phenolic OH excluding ortho intramolecular Hbond substituents is 1. The topological polar surface area (TPSA) is 46.5 Å². The molecule has 0 heterocycles. The van der Waals surface area contributed by atoms with Crippen LogP contribution in [0.3, 0.4) is 0 Å². The Labute approximate surface area is 144 Å². The Hall–Kier alpha value is -2.24. The van der Waals surface area contributed by atoms with E-state index in [2.05, 4.69) is 0 Å². The first-order valence-electron chi connectivity index (χ1n) is 8.31. The maximum atomic E-state index is 13.1. The zero-order chi connectivity index (χ0) is 18.4. The molecule has 25 heavy (non-hydrogen) atoms. The summed E-state index contributed by atoms with van der Waals surface area (Å²) >= 11 is 0. The van der Waals surface area contributed by atoms with Gasteiger partial charge in [-0.05, 0) is 47.9 Å². The molecule has 0 saturated carbocycles. The summed E-state index contributed by atoms with van der Waals surface area (Å²) in [5.74, 6) is -0.917. The number of carbonyl (C=O) groups is 1. The van der Waals surface area contributed by atoms with Crippen molar-refractivity contribution < 1.29 is 27.8 Å². The highest BCUT2D eigenvalue weighted by atomic mass is 19.4. The molecule has 3 nitrogen and oxygen atoms in total. The minimum absolute atomic E-state index is 0.0565. The van der Waals surface area contributed by atoms with E-state index in [-0.39, 0.29) is 17.7 Å². The fraction of sp³-hybridized carbons (Fsp3) is 0.421. The van der Waals surface area contributed by atoms with Crippen molar-refractivity contribution in [1.82, 2.24) is 0 Å². The van der Waals surface area contributed by atoms with E-state index in [1.807, 2.05) is 6.92 Å². The lowest BCUT2D eigenvalue weighted by Gasteiger charge is -2.20. The van der Waals surface area contributed by atoms with Gasteiger partial charge in [-0.3, -0.25) is 0 Å². The molecule has 0 aliphatic rings. The molecular formula is C19H21F3O3. The number of halogens is 3. The van der Waals surface area contributed by atoms with E-state index in [4.69, 9.17) is 4.74 Å². The van der Waals surface area contributed by atoms with Gasteiger partial charge in [-0.25, -0.2) is 4.79 Å². The molecule has 0 aliphatic heterocycles. The van der Waals surface area contributed by atoms with Crippen LogP contribution in [0.5, 0.6) is 5.75 Å². The van der Waals surface area contributed by atoms with E-state index >= 15 is 0 Å². The first-order chi connectivity index (χ1) is 11.8. The van der Waals surface area contributed by atoms with Crippen molar-refractivity contribution in [3.8, 4) is 5.75 Å². The van der Waals surface area contributed by atoms with E-state index in [0.717, 1.165) is 12.8 Å². The maximum Gasteiger partial charge on any atom is 0.425 e. The molecule has 0 aromatic heterocycles. The molecule has 0 aliphatic carbocycles. The van der Waals surface area contributed by atoms with Crippen LogP contribution in [0.2, 0.25) is 0 Å². The van der Waals surface area contributed by atoms with Crippen LogP contribution in [0.1, 0.15) is 49.4 Å². The predicted molar refractivity (Wildman–Crippen MR) is 89.6 cm³/mol. The Balaban J connectivity index is 2.10. The van der Waals surface area contributed by atoms with Crippen molar-refractivity contribution in [1.29, 1.82) is 0 Å². The molecular weight excluding hydrogens is 333 g/mol. The van der Waals surface area contributed by atoms with E-state index in [0.29, 0.717) is 23.6 Å². The lowest BCUT2D eigenvalue weighted by molar-refractivity contribution is -0.206. The third-order valence-electron chi connectivity index (χ3n) is 3.99. The van der Waals surface area contributed by atoms with Gasteiger partial charge in [0, 0.05) is 0 Å². The van der Waals surface area contributed by atoms with E-state index in [1.165, 1.54) is 24.3 Å². The third-order valence-corrected chi connectivity index (χ3v) is 3.99. The molecule has 1 N–H and O–H groups in total. The normalized spacial score (nSPS) is 13.0. The molecule has 2 aromatic rings. The second kappa shape index (κ2) is 8.23. The van der Waals surface area contributed by atoms with E-state index < -0.39 is 18.2 Å². The molecule has 0 fully saturated rings. The van der Waals surface area contributed by atoms with Crippen molar-refractivity contribution in [3.05, 3.63) is 42.0 Å². The SMILES string of the molecule is CCCCCC[C@@H](OC(=O)c1ccc2cc(O)ccc2c1)C(F)(F)F. The van der Waals surface area contributed by atoms with Gasteiger partial charge in [0.1, 0.15) is 5.75 Å². The first-order valence-corrected chi connectivity index (χ1v) is 8.31. The second-order valence-corrected chi connectivity index (χ2v) is 6.03. The second-order valence-electron chi connectivity index (χ2n) is 6.03. The summed E-state index contributed by atoms with van der Waals surface area (Å²) in [5, 5.41) is 10.7. The molecule has 6 heteroatoms. The number of alkyl halides is 3. The van der Waals surface area contributed by atoms with Crippen molar-refractivity contribution >= 4 is 16.7 Å². The quantitative estimate of drug-likeness (QED) is 0.520. The van der Waals surface area contributed by atoms with E-state index in [9.17, 15) is 23.1 Å². The van der Waals surface area contributed by atoms with Crippen molar-refractivity contribution in [3.63, 3.8) is 0 Å². The summed E-state index contributed by atoms with van der Waals surface area (Å²) in [4.78, 5) is 12.1. The summed E-state index contributed by atoms with van der Waals surface area (Å²) in [6, 6.07) is 8.97. The lowest BCUT2D eigenvalue weighted by atomic mass is 10.1. The van der Waals surface area contributed by atoms with Gasteiger partial charge in [-0.15, -0.1) is 0 Å². The van der Waals surface area contributed by atoms with E-state index in [1.54, 1.807) is 12.1 Å². The van der Waals surface area contributed by atoms with Gasteiger partial charge in [0.05, 0.1) is 5.56 Å². The highest BCUT2D eigenvalue weighted by Gasteiger charge is 2.42. The molecule has 0 bridgehead atoms. The number of hydrogen-bond donors (Lipinski definition) is 1. The van der Waals surface area contributed by atoms with Gasteiger partial charge >= 0.3 is 12.1 Å². The summed E-state index contributed by atoms with van der Waals surface area (Å²) in [7, 11) is 0. The monoisotopic (exact) mass is 354 g/mol. The minimum atomic E-state index is -4.58. The maximum absolute atomic E-state index is 13.1. The summed E-state index contributed by atoms with van der Waals surface area (Å²) in [6.07, 6.45) is -4.07. The van der Waals surface area contributed by atoms with Gasteiger partial charge in [0.15, 0.2) is 6.10 Å². The van der Waals surface area contributed by atoms with Crippen LogP contribution in [0.4, 0.5) is 13.2 Å². The molecule has 0 radical (unpaired) electrons. The van der Waals surface area contributed by atoms with Crippen LogP contribution in [0.15, 0.2) is 36.4 Å². The molecule has 0 spiro atoms. The summed E-state index contributed by atoms with van der Waals surface area (Å²) in [5.41, 5.74) is 0.0565. The highest BCUT2D eigenvalue weighted by Crippen LogP contribution is 2.29. The number of esters is 1. The smallest absolute Gasteiger partial charge is 0.425 e. The molecule has 136 valence electrons. The number of carbonyl (C=O) groups excluding carboxylic acids is 1. The van der Waals surface area contributed by atoms with Crippen LogP contribution in [-0.4, -0.2) is 23.4 Å². The molecule has 0 saturated heterocycles. The number of ether oxygens (including phenoxy) is 1. The van der Waals surface area contributed by atoms with Gasteiger partial charge in [0.2, 0.25) is 0 Å². The molecule has 2 aromatic carbocycles. The Kier molecular flexibility index (Phi) is 6.28. The van der Waals surface area contributed by atoms with Crippen molar-refractivity contribution in [2.75, 3.05) is 0 Å². The standard InChI is InChI=1S/C19H21F3O3/c1-2-3-4-5-6-17(19(20,21)22)25-18(24)15-8-7-14-12-16(23)10-9-13(14)11-15/h7-12,17,23H,2-6H2,1H3/t17-/m1/s1. The Bertz CT molecular complexity index is 725. The first kappa shape index (κ1) is 19.1. The van der Waals surface area contributed by atoms with Crippen LogP contribution < -0.4 is 0 Å². The van der Waals surface area contributed by atoms with Crippen LogP contribution in [-0.2, 0) is 4.74 Å². The van der Waals surface area contributed by atoms with Crippen LogP contribution in [0.25, 0.3) is 10.8 Å². The fourth-order valence-electron chi connectivity index (χ4n) is 2.60. The number of fused-ring (bicyclic) bond motifs is 1. The largest absolute Gasteiger partial charge is 0.508 e. The number of unbranched alkanes of at least 4 members (excludes halogenated alkanes) is 3. The summed E-state index contributed by atoms with van der Waals surface area (Å²) < 4.78 is 44.0.